The number of rotatable bonds is 11. The van der Waals surface area contributed by atoms with E-state index in [4.69, 9.17) is 23.1 Å². The van der Waals surface area contributed by atoms with Gasteiger partial charge in [-0.2, -0.15) is 8.42 Å². The van der Waals surface area contributed by atoms with Crippen molar-refractivity contribution in [2.45, 2.75) is 37.3 Å². The third-order valence-electron chi connectivity index (χ3n) is 4.94. The van der Waals surface area contributed by atoms with Crippen LogP contribution in [0.3, 0.4) is 0 Å². The van der Waals surface area contributed by atoms with Crippen molar-refractivity contribution < 1.29 is 36.7 Å². The minimum absolute atomic E-state index is 0.0756. The Morgan fingerprint density at radius 3 is 2.10 bits per heavy atom. The first-order valence-corrected chi connectivity index (χ1v) is 11.6. The molecule has 0 amide bonds. The van der Waals surface area contributed by atoms with Gasteiger partial charge in [0, 0.05) is 7.11 Å². The van der Waals surface area contributed by atoms with Crippen molar-refractivity contribution in [3.63, 3.8) is 0 Å². The molecule has 0 spiro atoms. The van der Waals surface area contributed by atoms with E-state index in [0.29, 0.717) is 0 Å². The molecule has 2 aromatic carbocycles. The molecule has 31 heavy (non-hydrogen) atoms. The van der Waals surface area contributed by atoms with Crippen LogP contribution < -0.4 is 0 Å². The van der Waals surface area contributed by atoms with Gasteiger partial charge in [-0.05, 0) is 11.1 Å². The van der Waals surface area contributed by atoms with Gasteiger partial charge in [-0.1, -0.05) is 60.7 Å². The van der Waals surface area contributed by atoms with Crippen molar-refractivity contribution in [2.75, 3.05) is 26.6 Å². The van der Waals surface area contributed by atoms with Crippen molar-refractivity contribution >= 4 is 10.1 Å². The molecule has 0 saturated carbocycles. The molecule has 1 N–H and O–H groups in total. The second kappa shape index (κ2) is 10.6. The molecule has 0 aliphatic carbocycles. The quantitative estimate of drug-likeness (QED) is 0.516. The predicted octanol–water partition coefficient (Wildman–Crippen LogP) is 1.87. The molecule has 1 heterocycles. The van der Waals surface area contributed by atoms with Crippen molar-refractivity contribution in [2.24, 2.45) is 0 Å². The van der Waals surface area contributed by atoms with Crippen LogP contribution in [0.2, 0.25) is 0 Å². The van der Waals surface area contributed by atoms with Gasteiger partial charge in [0.05, 0.1) is 26.1 Å². The summed E-state index contributed by atoms with van der Waals surface area (Å²) >= 11 is 0. The Bertz CT molecular complexity index is 906. The van der Waals surface area contributed by atoms with Crippen LogP contribution in [0.4, 0.5) is 0 Å². The second-order valence-corrected chi connectivity index (χ2v) is 9.08. The van der Waals surface area contributed by atoms with Gasteiger partial charge >= 0.3 is 0 Å². The largest absolute Gasteiger partial charge is 0.385 e. The monoisotopic (exact) mass is 452 g/mol. The first-order valence-electron chi connectivity index (χ1n) is 9.83. The van der Waals surface area contributed by atoms with Crippen molar-refractivity contribution in [3.05, 3.63) is 71.8 Å². The highest BCUT2D eigenvalue weighted by Gasteiger charge is 2.57. The molecule has 4 atom stereocenters. The fraction of sp³-hybridized carbons (Fsp3) is 0.455. The van der Waals surface area contributed by atoms with E-state index < -0.39 is 40.8 Å². The molecule has 0 aromatic heterocycles. The first-order chi connectivity index (χ1) is 14.8. The van der Waals surface area contributed by atoms with Crippen molar-refractivity contribution in [1.29, 1.82) is 0 Å². The Hall–Kier alpha value is -1.85. The molecule has 0 radical (unpaired) electrons. The molecule has 1 fully saturated rings. The zero-order valence-electron chi connectivity index (χ0n) is 17.5. The van der Waals surface area contributed by atoms with Crippen LogP contribution in [0.5, 0.6) is 0 Å². The third-order valence-corrected chi connectivity index (χ3v) is 5.48. The van der Waals surface area contributed by atoms with Crippen LogP contribution in [0.15, 0.2) is 60.7 Å². The van der Waals surface area contributed by atoms with E-state index >= 15 is 0 Å². The van der Waals surface area contributed by atoms with Crippen LogP contribution in [0, 0.1) is 0 Å². The van der Waals surface area contributed by atoms with Crippen LogP contribution in [-0.4, -0.2) is 64.2 Å². The number of aliphatic hydroxyl groups is 1. The molecule has 170 valence electrons. The molecule has 2 aromatic rings. The molecule has 0 bridgehead atoms. The Morgan fingerprint density at radius 1 is 0.968 bits per heavy atom. The lowest BCUT2D eigenvalue weighted by Crippen LogP contribution is -2.52. The SMILES string of the molecule is CO[C@@H]1O[C@@](COCc2ccccc2)(COS(C)(=O)=O)[C@@H](OCc2ccccc2)[C@H]1O. The predicted molar refractivity (Wildman–Crippen MR) is 113 cm³/mol. The Kier molecular flexibility index (Phi) is 8.17. The van der Waals surface area contributed by atoms with Crippen LogP contribution in [-0.2, 0) is 46.5 Å². The van der Waals surface area contributed by atoms with Gasteiger partial charge in [0.15, 0.2) is 6.29 Å². The van der Waals surface area contributed by atoms with Gasteiger partial charge in [-0.3, -0.25) is 4.18 Å². The number of benzene rings is 2. The van der Waals surface area contributed by atoms with E-state index in [1.807, 2.05) is 60.7 Å². The number of methoxy groups -OCH3 is 1. The normalized spacial score (nSPS) is 26.2. The van der Waals surface area contributed by atoms with Crippen LogP contribution in [0.1, 0.15) is 11.1 Å². The highest BCUT2D eigenvalue weighted by molar-refractivity contribution is 7.85. The van der Waals surface area contributed by atoms with E-state index in [1.54, 1.807) is 0 Å². The van der Waals surface area contributed by atoms with Crippen LogP contribution >= 0.6 is 0 Å². The molecule has 8 nitrogen and oxygen atoms in total. The van der Waals surface area contributed by atoms with Crippen molar-refractivity contribution in [3.8, 4) is 0 Å². The molecule has 1 saturated heterocycles. The summed E-state index contributed by atoms with van der Waals surface area (Å²) in [6.07, 6.45) is -2.19. The second-order valence-electron chi connectivity index (χ2n) is 7.44. The molecule has 3 rings (SSSR count). The van der Waals surface area contributed by atoms with Gasteiger partial charge in [0.2, 0.25) is 0 Å². The Morgan fingerprint density at radius 2 is 1.55 bits per heavy atom. The maximum Gasteiger partial charge on any atom is 0.264 e. The van der Waals surface area contributed by atoms with E-state index in [1.165, 1.54) is 7.11 Å². The minimum atomic E-state index is -3.77. The lowest BCUT2D eigenvalue weighted by molar-refractivity contribution is -0.206. The summed E-state index contributed by atoms with van der Waals surface area (Å²) in [5.41, 5.74) is 0.427. The molecule has 1 aliphatic heterocycles. The average molecular weight is 453 g/mol. The average Bonchev–Trinajstić information content (AvgIpc) is 3.03. The Balaban J connectivity index is 1.80. The van der Waals surface area contributed by atoms with Gasteiger partial charge in [0.1, 0.15) is 24.4 Å². The van der Waals surface area contributed by atoms with Gasteiger partial charge in [0.25, 0.3) is 10.1 Å². The highest BCUT2D eigenvalue weighted by atomic mass is 32.2. The van der Waals surface area contributed by atoms with Crippen LogP contribution in [0.25, 0.3) is 0 Å². The van der Waals surface area contributed by atoms with E-state index in [0.717, 1.165) is 17.4 Å². The van der Waals surface area contributed by atoms with E-state index in [2.05, 4.69) is 0 Å². The number of hydrogen-bond acceptors (Lipinski definition) is 8. The van der Waals surface area contributed by atoms with Gasteiger partial charge in [-0.25, -0.2) is 0 Å². The fourth-order valence-corrected chi connectivity index (χ4v) is 3.83. The lowest BCUT2D eigenvalue weighted by Gasteiger charge is -2.33. The number of ether oxygens (including phenoxy) is 4. The van der Waals surface area contributed by atoms with Gasteiger partial charge in [-0.15, -0.1) is 0 Å². The molecule has 1 aliphatic rings. The highest BCUT2D eigenvalue weighted by Crippen LogP contribution is 2.36. The maximum atomic E-state index is 11.7. The summed E-state index contributed by atoms with van der Waals surface area (Å²) in [7, 11) is -2.38. The standard InChI is InChI=1S/C22H28O8S/c1-26-21-19(23)20(28-14-18-11-7-4-8-12-18)22(30-21,16-29-31(2,24)25)15-27-13-17-9-5-3-6-10-17/h3-12,19-21,23H,13-16H2,1-2H3/t19-,20+,21-,22+/m1/s1. The smallest absolute Gasteiger partial charge is 0.264 e. The lowest BCUT2D eigenvalue weighted by atomic mass is 9.96. The van der Waals surface area contributed by atoms with Gasteiger partial charge < -0.3 is 24.1 Å². The summed E-state index contributed by atoms with van der Waals surface area (Å²) in [6, 6.07) is 18.9. The Labute approximate surface area is 182 Å². The first kappa shape index (κ1) is 23.8. The maximum absolute atomic E-state index is 11.7. The summed E-state index contributed by atoms with van der Waals surface area (Å²) in [4.78, 5) is 0. The zero-order valence-corrected chi connectivity index (χ0v) is 18.4. The summed E-state index contributed by atoms with van der Waals surface area (Å²) in [5.74, 6) is 0. The topological polar surface area (TPSA) is 101 Å². The van der Waals surface area contributed by atoms with Crippen molar-refractivity contribution in [1.82, 2.24) is 0 Å². The molecular formula is C22H28O8S. The minimum Gasteiger partial charge on any atom is -0.385 e. The van der Waals surface area contributed by atoms with E-state index in [9.17, 15) is 13.5 Å². The molecule has 9 heteroatoms. The number of aliphatic hydroxyl groups excluding tert-OH is 1. The summed E-state index contributed by atoms with van der Waals surface area (Å²) < 4.78 is 51.5. The summed E-state index contributed by atoms with van der Waals surface area (Å²) in [5, 5.41) is 10.8. The fourth-order valence-electron chi connectivity index (χ4n) is 3.42. The van der Waals surface area contributed by atoms with E-state index in [-0.39, 0.29) is 19.8 Å². The summed E-state index contributed by atoms with van der Waals surface area (Å²) in [6.45, 7) is -0.0174. The zero-order chi connectivity index (χ0) is 22.3. The third kappa shape index (κ3) is 6.56. The number of hydrogen-bond donors (Lipinski definition) is 1. The molecular weight excluding hydrogens is 424 g/mol. The molecule has 0 unspecified atom stereocenters.